The molecule has 0 radical (unpaired) electrons. The normalized spacial score (nSPS) is 13.0. The van der Waals surface area contributed by atoms with Crippen LogP contribution in [0.2, 0.25) is 0 Å². The molecule has 2 rings (SSSR count). The van der Waals surface area contributed by atoms with Gasteiger partial charge in [-0.2, -0.15) is 13.2 Å². The van der Waals surface area contributed by atoms with Gasteiger partial charge in [-0.1, -0.05) is 29.2 Å². The molecule has 0 fully saturated rings. The van der Waals surface area contributed by atoms with E-state index in [0.29, 0.717) is 4.34 Å². The summed E-state index contributed by atoms with van der Waals surface area (Å²) >= 11 is 2.49. The van der Waals surface area contributed by atoms with Gasteiger partial charge in [-0.3, -0.25) is 4.79 Å². The topological polar surface area (TPSA) is 54.9 Å². The standard InChI is InChI=1S/C12H10F3N3OS2/c1-7(21-11-18-16-6-20-11)10(19)17-9-4-2-3-8(5-9)12(13,14)15/h2-7H,1H3,(H,17,19). The van der Waals surface area contributed by atoms with E-state index in [-0.39, 0.29) is 5.69 Å². The number of aromatic nitrogens is 2. The van der Waals surface area contributed by atoms with Crippen molar-refractivity contribution >= 4 is 34.7 Å². The second kappa shape index (κ2) is 6.44. The van der Waals surface area contributed by atoms with E-state index in [1.54, 1.807) is 12.4 Å². The van der Waals surface area contributed by atoms with Gasteiger partial charge < -0.3 is 5.32 Å². The largest absolute Gasteiger partial charge is 0.416 e. The summed E-state index contributed by atoms with van der Waals surface area (Å²) in [6, 6.07) is 4.52. The number of thioether (sulfide) groups is 1. The van der Waals surface area contributed by atoms with E-state index in [9.17, 15) is 18.0 Å². The number of hydrogen-bond donors (Lipinski definition) is 1. The Morgan fingerprint density at radius 1 is 1.43 bits per heavy atom. The molecule has 1 atom stereocenters. The minimum atomic E-state index is -4.44. The Labute approximate surface area is 126 Å². The van der Waals surface area contributed by atoms with Gasteiger partial charge in [0, 0.05) is 5.69 Å². The van der Waals surface area contributed by atoms with E-state index >= 15 is 0 Å². The van der Waals surface area contributed by atoms with Gasteiger partial charge in [0.2, 0.25) is 5.91 Å². The SMILES string of the molecule is CC(Sc1nncs1)C(=O)Nc1cccc(C(F)(F)F)c1. The van der Waals surface area contributed by atoms with Crippen LogP contribution in [-0.4, -0.2) is 21.4 Å². The van der Waals surface area contributed by atoms with Crippen molar-refractivity contribution in [2.75, 3.05) is 5.32 Å². The van der Waals surface area contributed by atoms with E-state index in [1.165, 1.54) is 35.2 Å². The van der Waals surface area contributed by atoms with E-state index in [1.807, 2.05) is 0 Å². The van der Waals surface area contributed by atoms with Crippen LogP contribution in [0.3, 0.4) is 0 Å². The van der Waals surface area contributed by atoms with Crippen molar-refractivity contribution in [2.24, 2.45) is 0 Å². The predicted molar refractivity (Wildman–Crippen MR) is 75.3 cm³/mol. The quantitative estimate of drug-likeness (QED) is 0.867. The highest BCUT2D eigenvalue weighted by Crippen LogP contribution is 2.31. The summed E-state index contributed by atoms with van der Waals surface area (Å²) in [4.78, 5) is 11.9. The molecule has 0 aliphatic heterocycles. The smallest absolute Gasteiger partial charge is 0.325 e. The molecule has 9 heteroatoms. The highest BCUT2D eigenvalue weighted by molar-refractivity contribution is 8.02. The number of nitrogens with one attached hydrogen (secondary N) is 1. The van der Waals surface area contributed by atoms with Crippen molar-refractivity contribution in [1.82, 2.24) is 10.2 Å². The van der Waals surface area contributed by atoms with Crippen LogP contribution < -0.4 is 5.32 Å². The molecule has 1 unspecified atom stereocenters. The van der Waals surface area contributed by atoms with Crippen LogP contribution in [0.5, 0.6) is 0 Å². The van der Waals surface area contributed by atoms with Gasteiger partial charge in [-0.05, 0) is 25.1 Å². The molecule has 4 nitrogen and oxygen atoms in total. The molecule has 0 aliphatic carbocycles. The Balaban J connectivity index is 2.02. The molecule has 1 aromatic heterocycles. The Morgan fingerprint density at radius 2 is 2.19 bits per heavy atom. The molecular weight excluding hydrogens is 323 g/mol. The van der Waals surface area contributed by atoms with Gasteiger partial charge in [-0.15, -0.1) is 10.2 Å². The lowest BCUT2D eigenvalue weighted by Crippen LogP contribution is -2.22. The minimum Gasteiger partial charge on any atom is -0.325 e. The van der Waals surface area contributed by atoms with Crippen molar-refractivity contribution in [3.05, 3.63) is 35.3 Å². The second-order valence-electron chi connectivity index (χ2n) is 4.03. The van der Waals surface area contributed by atoms with Crippen LogP contribution >= 0.6 is 23.1 Å². The maximum absolute atomic E-state index is 12.6. The lowest BCUT2D eigenvalue weighted by atomic mass is 10.2. The molecule has 1 heterocycles. The number of halogens is 3. The van der Waals surface area contributed by atoms with Crippen molar-refractivity contribution in [3.8, 4) is 0 Å². The van der Waals surface area contributed by atoms with Crippen LogP contribution in [0, 0.1) is 0 Å². The summed E-state index contributed by atoms with van der Waals surface area (Å²) in [7, 11) is 0. The molecule has 0 aliphatic rings. The summed E-state index contributed by atoms with van der Waals surface area (Å²) in [5, 5.41) is 9.41. The number of carbonyl (C=O) groups is 1. The Morgan fingerprint density at radius 3 is 2.81 bits per heavy atom. The summed E-state index contributed by atoms with van der Waals surface area (Å²) in [6.45, 7) is 1.65. The fourth-order valence-electron chi connectivity index (χ4n) is 1.44. The van der Waals surface area contributed by atoms with Crippen LogP contribution in [0.1, 0.15) is 12.5 Å². The van der Waals surface area contributed by atoms with E-state index in [0.717, 1.165) is 12.1 Å². The van der Waals surface area contributed by atoms with Crippen LogP contribution in [0.25, 0.3) is 0 Å². The van der Waals surface area contributed by atoms with Gasteiger partial charge in [0.05, 0.1) is 10.8 Å². The van der Waals surface area contributed by atoms with Crippen LogP contribution in [0.4, 0.5) is 18.9 Å². The molecule has 0 saturated carbocycles. The average Bonchev–Trinajstić information content (AvgIpc) is 2.91. The Kier molecular flexibility index (Phi) is 4.84. The molecule has 1 aromatic carbocycles. The maximum Gasteiger partial charge on any atom is 0.416 e. The number of benzene rings is 1. The number of anilines is 1. The first kappa shape index (κ1) is 15.8. The zero-order valence-corrected chi connectivity index (χ0v) is 12.4. The highest BCUT2D eigenvalue weighted by Gasteiger charge is 2.30. The molecule has 2 aromatic rings. The molecule has 21 heavy (non-hydrogen) atoms. The molecule has 112 valence electrons. The number of hydrogen-bond acceptors (Lipinski definition) is 5. The second-order valence-corrected chi connectivity index (χ2v) is 6.45. The predicted octanol–water partition coefficient (Wildman–Crippen LogP) is 3.68. The molecule has 0 spiro atoms. The number of amides is 1. The molecule has 0 saturated heterocycles. The van der Waals surface area contributed by atoms with Crippen molar-refractivity contribution in [3.63, 3.8) is 0 Å². The highest BCUT2D eigenvalue weighted by atomic mass is 32.2. The molecule has 1 N–H and O–H groups in total. The van der Waals surface area contributed by atoms with Gasteiger partial charge in [0.15, 0.2) is 4.34 Å². The first-order valence-corrected chi connectivity index (χ1v) is 7.53. The first-order valence-electron chi connectivity index (χ1n) is 5.77. The monoisotopic (exact) mass is 333 g/mol. The van der Waals surface area contributed by atoms with Crippen molar-refractivity contribution in [1.29, 1.82) is 0 Å². The summed E-state index contributed by atoms with van der Waals surface area (Å²) in [5.74, 6) is -0.394. The first-order chi connectivity index (χ1) is 9.86. The van der Waals surface area contributed by atoms with Gasteiger partial charge >= 0.3 is 6.18 Å². The van der Waals surface area contributed by atoms with Crippen molar-refractivity contribution < 1.29 is 18.0 Å². The lowest BCUT2D eigenvalue weighted by Gasteiger charge is -2.12. The molecule has 1 amide bonds. The third-order valence-corrected chi connectivity index (χ3v) is 4.36. The summed E-state index contributed by atoms with van der Waals surface area (Å²) < 4.78 is 38.4. The number of rotatable bonds is 4. The zero-order chi connectivity index (χ0) is 15.5. The minimum absolute atomic E-state index is 0.111. The summed E-state index contributed by atoms with van der Waals surface area (Å²) in [5.41, 5.74) is 0.851. The van der Waals surface area contributed by atoms with Crippen LogP contribution in [0.15, 0.2) is 34.1 Å². The van der Waals surface area contributed by atoms with Crippen LogP contribution in [-0.2, 0) is 11.0 Å². The van der Waals surface area contributed by atoms with Gasteiger partial charge in [-0.25, -0.2) is 0 Å². The van der Waals surface area contributed by atoms with E-state index in [2.05, 4.69) is 15.5 Å². The molecule has 0 bridgehead atoms. The third-order valence-electron chi connectivity index (χ3n) is 2.44. The van der Waals surface area contributed by atoms with Crippen molar-refractivity contribution in [2.45, 2.75) is 22.7 Å². The number of nitrogens with zero attached hydrogens (tertiary/aromatic N) is 2. The van der Waals surface area contributed by atoms with Gasteiger partial charge in [0.1, 0.15) is 5.51 Å². The maximum atomic E-state index is 12.6. The van der Waals surface area contributed by atoms with E-state index < -0.39 is 22.9 Å². The summed E-state index contributed by atoms with van der Waals surface area (Å²) in [6.07, 6.45) is -4.44. The fourth-order valence-corrected chi connectivity index (χ4v) is 3.06. The fraction of sp³-hybridized carbons (Fsp3) is 0.250. The molecular formula is C12H10F3N3OS2. The van der Waals surface area contributed by atoms with E-state index in [4.69, 9.17) is 0 Å². The Bertz CT molecular complexity index is 616. The average molecular weight is 333 g/mol. The van der Waals surface area contributed by atoms with Gasteiger partial charge in [0.25, 0.3) is 0 Å². The number of carbonyl (C=O) groups excluding carboxylic acids is 1. The third kappa shape index (κ3) is 4.43. The zero-order valence-electron chi connectivity index (χ0n) is 10.7. The Hall–Kier alpha value is -1.61. The number of alkyl halides is 3. The lowest BCUT2D eigenvalue weighted by molar-refractivity contribution is -0.137.